The Balaban J connectivity index is 2.54. The standard InChI is InChI=1S/C6H3N3Se/c10-5-3-1-2-4-6(5)8-9-7-4/h1-3H. The van der Waals surface area contributed by atoms with Crippen LogP contribution in [0.4, 0.5) is 0 Å². The molecule has 0 bridgehead atoms. The van der Waals surface area contributed by atoms with Crippen molar-refractivity contribution in [2.24, 2.45) is 15.4 Å². The van der Waals surface area contributed by atoms with Crippen LogP contribution in [0.25, 0.3) is 0 Å². The van der Waals surface area contributed by atoms with Gasteiger partial charge in [-0.2, -0.15) is 0 Å². The summed E-state index contributed by atoms with van der Waals surface area (Å²) in [4.78, 5) is 0. The summed E-state index contributed by atoms with van der Waals surface area (Å²) in [5.41, 5.74) is 1.69. The Labute approximate surface area is 65.6 Å². The molecule has 0 fully saturated rings. The number of rotatable bonds is 0. The molecule has 0 amide bonds. The fourth-order valence-electron chi connectivity index (χ4n) is 0.807. The van der Waals surface area contributed by atoms with Gasteiger partial charge in [0.25, 0.3) is 0 Å². The zero-order valence-corrected chi connectivity index (χ0v) is 6.70. The Morgan fingerprint density at radius 1 is 1.40 bits per heavy atom. The van der Waals surface area contributed by atoms with E-state index in [1.165, 1.54) is 0 Å². The van der Waals surface area contributed by atoms with Crippen molar-refractivity contribution in [1.82, 2.24) is 0 Å². The third-order valence-electron chi connectivity index (χ3n) is 1.27. The molecule has 0 atom stereocenters. The Morgan fingerprint density at radius 2 is 2.30 bits per heavy atom. The molecule has 2 rings (SSSR count). The molecule has 1 aliphatic carbocycles. The van der Waals surface area contributed by atoms with E-state index in [0.717, 1.165) is 15.8 Å². The summed E-state index contributed by atoms with van der Waals surface area (Å²) in [7, 11) is 0. The van der Waals surface area contributed by atoms with Crippen LogP contribution in [0.2, 0.25) is 0 Å². The summed E-state index contributed by atoms with van der Waals surface area (Å²) in [6.45, 7) is 0. The van der Waals surface area contributed by atoms with Crippen LogP contribution >= 0.6 is 0 Å². The Bertz CT molecular complexity index is 303. The van der Waals surface area contributed by atoms with Gasteiger partial charge in [0.15, 0.2) is 0 Å². The molecular weight excluding hydrogens is 193 g/mol. The van der Waals surface area contributed by atoms with E-state index in [0.29, 0.717) is 0 Å². The molecule has 0 aromatic carbocycles. The number of fused-ring (bicyclic) bond motifs is 1. The van der Waals surface area contributed by atoms with Crippen molar-refractivity contribution < 1.29 is 0 Å². The maximum atomic E-state index is 3.83. The van der Waals surface area contributed by atoms with E-state index in [4.69, 9.17) is 0 Å². The first-order chi connectivity index (χ1) is 4.88. The van der Waals surface area contributed by atoms with Gasteiger partial charge in [0, 0.05) is 0 Å². The second-order valence-corrected chi connectivity index (χ2v) is 2.84. The molecule has 2 aliphatic rings. The van der Waals surface area contributed by atoms with Crippen molar-refractivity contribution in [3.63, 3.8) is 0 Å². The first kappa shape index (κ1) is 5.89. The van der Waals surface area contributed by atoms with Gasteiger partial charge in [0.05, 0.1) is 0 Å². The van der Waals surface area contributed by atoms with Crippen molar-refractivity contribution in [1.29, 1.82) is 0 Å². The summed E-state index contributed by atoms with van der Waals surface area (Å²) in [6, 6.07) is 0. The number of allylic oxidation sites excluding steroid dienone is 4. The van der Waals surface area contributed by atoms with E-state index in [9.17, 15) is 0 Å². The second kappa shape index (κ2) is 2.08. The molecule has 0 unspecified atom stereocenters. The molecule has 0 aromatic heterocycles. The van der Waals surface area contributed by atoms with Gasteiger partial charge in [-0.1, -0.05) is 0 Å². The predicted octanol–water partition coefficient (Wildman–Crippen LogP) is 0.603. The van der Waals surface area contributed by atoms with Crippen LogP contribution in [0.5, 0.6) is 0 Å². The van der Waals surface area contributed by atoms with Crippen molar-refractivity contribution >= 4 is 25.7 Å². The Kier molecular flexibility index (Phi) is 1.22. The summed E-state index contributed by atoms with van der Waals surface area (Å²) in [5, 5.41) is 11.2. The van der Waals surface area contributed by atoms with E-state index < -0.39 is 0 Å². The van der Waals surface area contributed by atoms with Crippen molar-refractivity contribution in [3.05, 3.63) is 23.9 Å². The monoisotopic (exact) mass is 197 g/mol. The fraction of sp³-hybridized carbons (Fsp3) is 0. The predicted molar refractivity (Wildman–Crippen MR) is 40.3 cm³/mol. The first-order valence-electron chi connectivity index (χ1n) is 2.80. The van der Waals surface area contributed by atoms with Gasteiger partial charge in [-0.05, 0) is 0 Å². The molecular formula is C6H3N3Se. The topological polar surface area (TPSA) is 37.1 Å². The third kappa shape index (κ3) is 0.735. The SMILES string of the molecule is [Se]=C1C=CC=C2N=NN=C12. The summed E-state index contributed by atoms with van der Waals surface area (Å²) in [6.07, 6.45) is 5.75. The van der Waals surface area contributed by atoms with Crippen molar-refractivity contribution in [2.75, 3.05) is 0 Å². The van der Waals surface area contributed by atoms with Gasteiger partial charge in [-0.3, -0.25) is 0 Å². The summed E-state index contributed by atoms with van der Waals surface area (Å²) in [5.74, 6) is 0. The number of hydrogen-bond donors (Lipinski definition) is 0. The maximum absolute atomic E-state index is 3.83. The van der Waals surface area contributed by atoms with Crippen LogP contribution in [0.3, 0.4) is 0 Å². The zero-order chi connectivity index (χ0) is 6.97. The molecule has 1 aliphatic heterocycles. The molecule has 1 heterocycles. The van der Waals surface area contributed by atoms with Crippen LogP contribution in [-0.2, 0) is 0 Å². The normalized spacial score (nSPS) is 20.6. The summed E-state index contributed by atoms with van der Waals surface area (Å²) >= 11 is 2.89. The molecule has 4 heteroatoms. The second-order valence-electron chi connectivity index (χ2n) is 1.91. The van der Waals surface area contributed by atoms with Gasteiger partial charge < -0.3 is 0 Å². The molecule has 0 saturated carbocycles. The molecule has 0 aromatic rings. The third-order valence-corrected chi connectivity index (χ3v) is 1.97. The van der Waals surface area contributed by atoms with Crippen molar-refractivity contribution in [3.8, 4) is 0 Å². The van der Waals surface area contributed by atoms with E-state index in [2.05, 4.69) is 31.0 Å². The van der Waals surface area contributed by atoms with E-state index >= 15 is 0 Å². The van der Waals surface area contributed by atoms with Gasteiger partial charge in [0.2, 0.25) is 0 Å². The quantitative estimate of drug-likeness (QED) is 0.509. The minimum absolute atomic E-state index is 0.844. The first-order valence-corrected chi connectivity index (χ1v) is 3.65. The van der Waals surface area contributed by atoms with E-state index in [-0.39, 0.29) is 0 Å². The van der Waals surface area contributed by atoms with Crippen LogP contribution in [0, 0.1) is 0 Å². The van der Waals surface area contributed by atoms with Crippen LogP contribution < -0.4 is 0 Å². The van der Waals surface area contributed by atoms with Gasteiger partial charge in [0.1, 0.15) is 0 Å². The number of hydrogen-bond acceptors (Lipinski definition) is 3. The molecule has 0 saturated heterocycles. The molecule has 10 heavy (non-hydrogen) atoms. The average molecular weight is 196 g/mol. The van der Waals surface area contributed by atoms with Crippen LogP contribution in [-0.4, -0.2) is 25.7 Å². The zero-order valence-electron chi connectivity index (χ0n) is 4.98. The molecule has 0 radical (unpaired) electrons. The summed E-state index contributed by atoms with van der Waals surface area (Å²) < 4.78 is 1.00. The van der Waals surface area contributed by atoms with Crippen molar-refractivity contribution in [2.45, 2.75) is 0 Å². The minimum atomic E-state index is 0.844. The fourth-order valence-corrected chi connectivity index (χ4v) is 1.28. The van der Waals surface area contributed by atoms with Crippen LogP contribution in [0.15, 0.2) is 39.4 Å². The van der Waals surface area contributed by atoms with Gasteiger partial charge in [-0.15, -0.1) is 0 Å². The Morgan fingerprint density at radius 3 is 3.10 bits per heavy atom. The van der Waals surface area contributed by atoms with Crippen LogP contribution in [0.1, 0.15) is 0 Å². The Hall–Kier alpha value is -0.861. The van der Waals surface area contributed by atoms with E-state index in [1.54, 1.807) is 0 Å². The van der Waals surface area contributed by atoms with E-state index in [1.807, 2.05) is 18.2 Å². The average Bonchev–Trinajstić information content (AvgIpc) is 2.36. The van der Waals surface area contributed by atoms with Gasteiger partial charge in [-0.25, -0.2) is 0 Å². The molecule has 48 valence electrons. The molecule has 3 nitrogen and oxygen atoms in total. The number of nitrogens with zero attached hydrogens (tertiary/aromatic N) is 3. The molecule has 0 N–H and O–H groups in total. The molecule has 0 spiro atoms. The van der Waals surface area contributed by atoms with Gasteiger partial charge >= 0.3 is 65.1 Å².